The molecule has 0 aliphatic heterocycles. The molecular weight excluding hydrogens is 225 g/mol. The van der Waals surface area contributed by atoms with E-state index < -0.39 is 11.9 Å². The molecule has 0 aliphatic rings. The van der Waals surface area contributed by atoms with E-state index in [9.17, 15) is 13.2 Å². The quantitative estimate of drug-likeness (QED) is 0.751. The molecule has 2 heterocycles. The van der Waals surface area contributed by atoms with E-state index in [1.807, 2.05) is 0 Å². The molecule has 0 unspecified atom stereocenters. The molecule has 0 N–H and O–H groups in total. The third kappa shape index (κ3) is 2.15. The zero-order valence-corrected chi connectivity index (χ0v) is 8.14. The normalized spacial score (nSPS) is 11.7. The lowest BCUT2D eigenvalue weighted by atomic mass is 10.3. The van der Waals surface area contributed by atoms with Gasteiger partial charge in [-0.25, -0.2) is 9.97 Å². The molecule has 78 valence electrons. The Morgan fingerprint density at radius 1 is 1.20 bits per heavy atom. The number of hydrogen-bond acceptors (Lipinski definition) is 3. The van der Waals surface area contributed by atoms with E-state index in [2.05, 4.69) is 9.97 Å². The Bertz CT molecular complexity index is 451. The summed E-state index contributed by atoms with van der Waals surface area (Å²) >= 11 is 1.34. The van der Waals surface area contributed by atoms with Crippen LogP contribution in [-0.2, 0) is 6.18 Å². The van der Waals surface area contributed by atoms with E-state index in [-0.39, 0.29) is 0 Å². The molecule has 2 rings (SSSR count). The Balaban J connectivity index is 2.44. The van der Waals surface area contributed by atoms with Gasteiger partial charge in [0.25, 0.3) is 0 Å². The van der Waals surface area contributed by atoms with Crippen molar-refractivity contribution in [3.05, 3.63) is 35.6 Å². The minimum absolute atomic E-state index is 0.298. The standard InChI is InChI=1S/C9H5F3N2S/c10-9(11,12)8-4-6(13-5-14-8)7-2-1-3-15-7/h1-5H. The smallest absolute Gasteiger partial charge is 0.235 e. The van der Waals surface area contributed by atoms with Crippen molar-refractivity contribution in [2.24, 2.45) is 0 Å². The van der Waals surface area contributed by atoms with Gasteiger partial charge < -0.3 is 0 Å². The lowest BCUT2D eigenvalue weighted by Gasteiger charge is -2.05. The second-order valence-corrected chi connectivity index (χ2v) is 3.71. The first-order valence-electron chi connectivity index (χ1n) is 4.00. The summed E-state index contributed by atoms with van der Waals surface area (Å²) in [5.41, 5.74) is -0.617. The van der Waals surface area contributed by atoms with Crippen LogP contribution in [0, 0.1) is 0 Å². The second kappa shape index (κ2) is 3.62. The topological polar surface area (TPSA) is 25.8 Å². The maximum absolute atomic E-state index is 12.3. The van der Waals surface area contributed by atoms with Crippen LogP contribution in [0.25, 0.3) is 10.6 Å². The Labute approximate surface area is 87.4 Å². The summed E-state index contributed by atoms with van der Waals surface area (Å²) in [6.07, 6.45) is -3.49. The molecule has 0 aromatic carbocycles. The van der Waals surface area contributed by atoms with Crippen molar-refractivity contribution in [3.63, 3.8) is 0 Å². The van der Waals surface area contributed by atoms with Gasteiger partial charge in [-0.3, -0.25) is 0 Å². The first-order valence-corrected chi connectivity index (χ1v) is 4.88. The first kappa shape index (κ1) is 10.1. The summed E-state index contributed by atoms with van der Waals surface area (Å²) in [5, 5.41) is 1.78. The van der Waals surface area contributed by atoms with Crippen LogP contribution in [0.4, 0.5) is 13.2 Å². The fourth-order valence-corrected chi connectivity index (χ4v) is 1.76. The molecule has 0 fully saturated rings. The lowest BCUT2D eigenvalue weighted by Crippen LogP contribution is -2.08. The lowest BCUT2D eigenvalue weighted by molar-refractivity contribution is -0.141. The van der Waals surface area contributed by atoms with Gasteiger partial charge in [-0.2, -0.15) is 13.2 Å². The van der Waals surface area contributed by atoms with Crippen molar-refractivity contribution in [3.8, 4) is 10.6 Å². The Morgan fingerprint density at radius 3 is 2.60 bits per heavy atom. The average molecular weight is 230 g/mol. The molecule has 15 heavy (non-hydrogen) atoms. The molecule has 6 heteroatoms. The van der Waals surface area contributed by atoms with Crippen LogP contribution in [0.1, 0.15) is 5.69 Å². The van der Waals surface area contributed by atoms with Gasteiger partial charge in [-0.15, -0.1) is 11.3 Å². The zero-order valence-electron chi connectivity index (χ0n) is 7.32. The predicted octanol–water partition coefficient (Wildman–Crippen LogP) is 3.22. The highest BCUT2D eigenvalue weighted by molar-refractivity contribution is 7.13. The van der Waals surface area contributed by atoms with E-state index in [1.54, 1.807) is 17.5 Å². The van der Waals surface area contributed by atoms with Crippen LogP contribution in [-0.4, -0.2) is 9.97 Å². The van der Waals surface area contributed by atoms with Crippen LogP contribution in [0.15, 0.2) is 29.9 Å². The van der Waals surface area contributed by atoms with Crippen molar-refractivity contribution in [2.75, 3.05) is 0 Å². The van der Waals surface area contributed by atoms with Gasteiger partial charge in [0.1, 0.15) is 12.0 Å². The highest BCUT2D eigenvalue weighted by atomic mass is 32.1. The SMILES string of the molecule is FC(F)(F)c1cc(-c2cccs2)ncn1. The molecule has 2 aromatic rings. The van der Waals surface area contributed by atoms with Crippen LogP contribution >= 0.6 is 11.3 Å². The molecule has 0 spiro atoms. The Kier molecular flexibility index (Phi) is 2.44. The number of aromatic nitrogens is 2. The predicted molar refractivity (Wildman–Crippen MR) is 50.3 cm³/mol. The number of hydrogen-bond donors (Lipinski definition) is 0. The Hall–Kier alpha value is -1.43. The minimum atomic E-state index is -4.42. The van der Waals surface area contributed by atoms with E-state index in [1.165, 1.54) is 11.3 Å². The first-order chi connectivity index (χ1) is 7.07. The van der Waals surface area contributed by atoms with Gasteiger partial charge in [0, 0.05) is 0 Å². The molecule has 0 saturated heterocycles. The largest absolute Gasteiger partial charge is 0.433 e. The number of rotatable bonds is 1. The third-order valence-electron chi connectivity index (χ3n) is 1.73. The van der Waals surface area contributed by atoms with Gasteiger partial charge >= 0.3 is 6.18 Å². The van der Waals surface area contributed by atoms with Gasteiger partial charge in [0.15, 0.2) is 0 Å². The molecular formula is C9H5F3N2S. The number of nitrogens with zero attached hydrogens (tertiary/aromatic N) is 2. The van der Waals surface area contributed by atoms with Gasteiger partial charge in [-0.05, 0) is 17.5 Å². The minimum Gasteiger partial charge on any atom is -0.235 e. The number of halogens is 3. The molecule has 2 aromatic heterocycles. The maximum Gasteiger partial charge on any atom is 0.433 e. The van der Waals surface area contributed by atoms with Crippen molar-refractivity contribution in [2.45, 2.75) is 6.18 Å². The fraction of sp³-hybridized carbons (Fsp3) is 0.111. The summed E-state index contributed by atoms with van der Waals surface area (Å²) in [6.45, 7) is 0. The molecule has 0 radical (unpaired) electrons. The van der Waals surface area contributed by atoms with Crippen LogP contribution in [0.2, 0.25) is 0 Å². The molecule has 0 aliphatic carbocycles. The molecule has 0 bridgehead atoms. The monoisotopic (exact) mass is 230 g/mol. The number of alkyl halides is 3. The summed E-state index contributed by atoms with van der Waals surface area (Å²) in [7, 11) is 0. The number of thiophene rings is 1. The van der Waals surface area contributed by atoms with E-state index in [4.69, 9.17) is 0 Å². The maximum atomic E-state index is 12.3. The molecule has 2 nitrogen and oxygen atoms in total. The highest BCUT2D eigenvalue weighted by Crippen LogP contribution is 2.30. The summed E-state index contributed by atoms with van der Waals surface area (Å²) in [4.78, 5) is 7.68. The molecule has 0 saturated carbocycles. The van der Waals surface area contributed by atoms with Crippen LogP contribution in [0.5, 0.6) is 0 Å². The average Bonchev–Trinajstić information content (AvgIpc) is 2.69. The van der Waals surface area contributed by atoms with E-state index >= 15 is 0 Å². The van der Waals surface area contributed by atoms with Crippen molar-refractivity contribution < 1.29 is 13.2 Å². The van der Waals surface area contributed by atoms with E-state index in [0.717, 1.165) is 12.4 Å². The second-order valence-electron chi connectivity index (χ2n) is 2.76. The van der Waals surface area contributed by atoms with E-state index in [0.29, 0.717) is 10.6 Å². The summed E-state index contributed by atoms with van der Waals surface area (Å²) in [6, 6.07) is 4.42. The fourth-order valence-electron chi connectivity index (χ4n) is 1.07. The van der Waals surface area contributed by atoms with Crippen molar-refractivity contribution in [1.29, 1.82) is 0 Å². The zero-order chi connectivity index (χ0) is 10.9. The van der Waals surface area contributed by atoms with Crippen molar-refractivity contribution in [1.82, 2.24) is 9.97 Å². The van der Waals surface area contributed by atoms with Gasteiger partial charge in [0.05, 0.1) is 10.6 Å². The van der Waals surface area contributed by atoms with Crippen LogP contribution in [0.3, 0.4) is 0 Å². The van der Waals surface area contributed by atoms with Gasteiger partial charge in [0.2, 0.25) is 0 Å². The molecule has 0 amide bonds. The van der Waals surface area contributed by atoms with Crippen LogP contribution < -0.4 is 0 Å². The van der Waals surface area contributed by atoms with Crippen molar-refractivity contribution >= 4 is 11.3 Å². The summed E-state index contributed by atoms with van der Waals surface area (Å²) < 4.78 is 37.0. The summed E-state index contributed by atoms with van der Waals surface area (Å²) in [5.74, 6) is 0. The van der Waals surface area contributed by atoms with Gasteiger partial charge in [-0.1, -0.05) is 6.07 Å². The molecule has 0 atom stereocenters. The third-order valence-corrected chi connectivity index (χ3v) is 2.62. The Morgan fingerprint density at radius 2 is 2.00 bits per heavy atom. The highest BCUT2D eigenvalue weighted by Gasteiger charge is 2.32.